The Morgan fingerprint density at radius 2 is 2.47 bits per heavy atom. The van der Waals surface area contributed by atoms with Crippen molar-refractivity contribution in [1.82, 2.24) is 10.3 Å². The normalized spacial score (nSPS) is 12.3. The van der Waals surface area contributed by atoms with Crippen molar-refractivity contribution >= 4 is 17.7 Å². The summed E-state index contributed by atoms with van der Waals surface area (Å²) in [7, 11) is 1.66. The number of rotatable bonds is 6. The van der Waals surface area contributed by atoms with Gasteiger partial charge in [0.05, 0.1) is 5.03 Å². The third kappa shape index (κ3) is 4.31. The first-order valence-corrected chi connectivity index (χ1v) is 5.66. The monoisotopic (exact) mass is 226 g/mol. The smallest absolute Gasteiger partial charge is 0.320 e. The van der Waals surface area contributed by atoms with Crippen LogP contribution in [0.15, 0.2) is 29.4 Å². The lowest BCUT2D eigenvalue weighted by Gasteiger charge is -2.09. The van der Waals surface area contributed by atoms with Gasteiger partial charge in [-0.2, -0.15) is 0 Å². The molecule has 1 unspecified atom stereocenters. The van der Waals surface area contributed by atoms with Crippen LogP contribution in [0, 0.1) is 0 Å². The molecule has 0 fully saturated rings. The molecule has 1 atom stereocenters. The maximum atomic E-state index is 10.7. The van der Waals surface area contributed by atoms with Gasteiger partial charge in [-0.3, -0.25) is 4.79 Å². The highest BCUT2D eigenvalue weighted by molar-refractivity contribution is 7.99. The highest BCUT2D eigenvalue weighted by atomic mass is 32.2. The number of likely N-dealkylation sites (N-methyl/N-ethyl adjacent to an activating group) is 1. The molecule has 0 aliphatic rings. The molecule has 0 radical (unpaired) electrons. The van der Waals surface area contributed by atoms with Gasteiger partial charge in [0.1, 0.15) is 6.04 Å². The number of nitrogens with zero attached hydrogens (tertiary/aromatic N) is 1. The Kier molecular flexibility index (Phi) is 5.14. The predicted octanol–water partition coefficient (Wildman–Crippen LogP) is 1.24. The van der Waals surface area contributed by atoms with Gasteiger partial charge < -0.3 is 10.4 Å². The number of hydrogen-bond acceptors (Lipinski definition) is 4. The Bertz CT molecular complexity index is 306. The van der Waals surface area contributed by atoms with Crippen LogP contribution < -0.4 is 5.32 Å². The van der Waals surface area contributed by atoms with Gasteiger partial charge in [0.2, 0.25) is 0 Å². The maximum Gasteiger partial charge on any atom is 0.320 e. The first kappa shape index (κ1) is 12.0. The summed E-state index contributed by atoms with van der Waals surface area (Å²) in [6, 6.07) is 5.22. The molecule has 1 rings (SSSR count). The van der Waals surface area contributed by atoms with Crippen molar-refractivity contribution in [3.63, 3.8) is 0 Å². The molecule has 0 amide bonds. The largest absolute Gasteiger partial charge is 0.480 e. The molecule has 2 N–H and O–H groups in total. The van der Waals surface area contributed by atoms with Gasteiger partial charge >= 0.3 is 5.97 Å². The number of nitrogens with one attached hydrogen (secondary N) is 1. The topological polar surface area (TPSA) is 62.2 Å². The molecule has 0 aliphatic heterocycles. The Hall–Kier alpha value is -1.07. The Labute approximate surface area is 93.1 Å². The Morgan fingerprint density at radius 1 is 1.67 bits per heavy atom. The SMILES string of the molecule is CNC(CCSc1ccccn1)C(=O)O. The summed E-state index contributed by atoms with van der Waals surface area (Å²) in [6.07, 6.45) is 2.32. The van der Waals surface area contributed by atoms with E-state index in [4.69, 9.17) is 5.11 Å². The van der Waals surface area contributed by atoms with Gasteiger partial charge in [-0.05, 0) is 25.6 Å². The zero-order chi connectivity index (χ0) is 11.1. The lowest BCUT2D eigenvalue weighted by molar-refractivity contribution is -0.139. The summed E-state index contributed by atoms with van der Waals surface area (Å²) in [5.74, 6) is -0.0615. The summed E-state index contributed by atoms with van der Waals surface area (Å²) in [4.78, 5) is 14.8. The van der Waals surface area contributed by atoms with E-state index in [1.165, 1.54) is 0 Å². The molecule has 1 aromatic rings. The van der Waals surface area contributed by atoms with Crippen LogP contribution in [0.1, 0.15) is 6.42 Å². The van der Waals surface area contributed by atoms with E-state index < -0.39 is 12.0 Å². The van der Waals surface area contributed by atoms with Gasteiger partial charge in [-0.15, -0.1) is 11.8 Å². The van der Waals surface area contributed by atoms with E-state index in [1.54, 1.807) is 25.0 Å². The van der Waals surface area contributed by atoms with Crippen molar-refractivity contribution in [3.8, 4) is 0 Å². The second kappa shape index (κ2) is 6.42. The second-order valence-electron chi connectivity index (χ2n) is 2.98. The Morgan fingerprint density at radius 3 is 3.00 bits per heavy atom. The fourth-order valence-corrected chi connectivity index (χ4v) is 1.98. The summed E-state index contributed by atoms with van der Waals surface area (Å²) in [5.41, 5.74) is 0. The number of hydrogen-bond donors (Lipinski definition) is 2. The quantitative estimate of drug-likeness (QED) is 0.714. The van der Waals surface area contributed by atoms with Crippen LogP contribution >= 0.6 is 11.8 Å². The van der Waals surface area contributed by atoms with Crippen molar-refractivity contribution < 1.29 is 9.90 Å². The third-order valence-electron chi connectivity index (χ3n) is 1.94. The summed E-state index contributed by atoms with van der Waals surface area (Å²) in [5, 5.41) is 12.5. The average Bonchev–Trinajstić information content (AvgIpc) is 2.25. The van der Waals surface area contributed by atoms with Gasteiger partial charge in [0.25, 0.3) is 0 Å². The van der Waals surface area contributed by atoms with Crippen LogP contribution in [0.5, 0.6) is 0 Å². The van der Waals surface area contributed by atoms with E-state index in [-0.39, 0.29) is 0 Å². The van der Waals surface area contributed by atoms with Crippen molar-refractivity contribution in [2.45, 2.75) is 17.5 Å². The standard InChI is InChI=1S/C10H14N2O2S/c1-11-8(10(13)14)5-7-15-9-4-2-3-6-12-9/h2-4,6,8,11H,5,7H2,1H3,(H,13,14). The minimum atomic E-state index is -0.806. The van der Waals surface area contributed by atoms with Crippen molar-refractivity contribution in [2.24, 2.45) is 0 Å². The zero-order valence-corrected chi connectivity index (χ0v) is 9.33. The molecule has 0 aliphatic carbocycles. The number of thioether (sulfide) groups is 1. The fourth-order valence-electron chi connectivity index (χ4n) is 1.11. The zero-order valence-electron chi connectivity index (χ0n) is 8.51. The molecule has 1 heterocycles. The van der Waals surface area contributed by atoms with E-state index in [1.807, 2.05) is 18.2 Å². The number of aromatic nitrogens is 1. The van der Waals surface area contributed by atoms with E-state index in [2.05, 4.69) is 10.3 Å². The van der Waals surface area contributed by atoms with Crippen molar-refractivity contribution in [3.05, 3.63) is 24.4 Å². The molecule has 0 spiro atoms. The number of carboxylic acid groups (broad SMARTS) is 1. The van der Waals surface area contributed by atoms with Crippen LogP contribution in [-0.4, -0.2) is 34.9 Å². The number of carboxylic acids is 1. The van der Waals surface area contributed by atoms with Crippen molar-refractivity contribution in [1.29, 1.82) is 0 Å². The van der Waals surface area contributed by atoms with Gasteiger partial charge in [-0.1, -0.05) is 6.07 Å². The van der Waals surface area contributed by atoms with Gasteiger partial charge in [0, 0.05) is 11.9 Å². The van der Waals surface area contributed by atoms with Crippen LogP contribution in [0.25, 0.3) is 0 Å². The second-order valence-corrected chi connectivity index (χ2v) is 4.10. The number of pyridine rings is 1. The number of carbonyl (C=O) groups is 1. The molecule has 0 aromatic carbocycles. The molecule has 0 saturated carbocycles. The highest BCUT2D eigenvalue weighted by Crippen LogP contribution is 2.15. The molecule has 82 valence electrons. The van der Waals surface area contributed by atoms with E-state index in [0.717, 1.165) is 10.8 Å². The van der Waals surface area contributed by atoms with Crippen molar-refractivity contribution in [2.75, 3.05) is 12.8 Å². The molecule has 5 heteroatoms. The van der Waals surface area contributed by atoms with Gasteiger partial charge in [0.15, 0.2) is 0 Å². The molecular weight excluding hydrogens is 212 g/mol. The molecule has 1 aromatic heterocycles. The average molecular weight is 226 g/mol. The third-order valence-corrected chi connectivity index (χ3v) is 2.92. The first-order chi connectivity index (χ1) is 7.24. The van der Waals surface area contributed by atoms with Crippen LogP contribution in [-0.2, 0) is 4.79 Å². The summed E-state index contributed by atoms with van der Waals surface area (Å²) in [6.45, 7) is 0. The fraction of sp³-hybridized carbons (Fsp3) is 0.400. The van der Waals surface area contributed by atoms with E-state index >= 15 is 0 Å². The summed E-state index contributed by atoms with van der Waals surface area (Å²) < 4.78 is 0. The van der Waals surface area contributed by atoms with E-state index in [9.17, 15) is 4.79 Å². The molecule has 15 heavy (non-hydrogen) atoms. The minimum Gasteiger partial charge on any atom is -0.480 e. The number of aliphatic carboxylic acids is 1. The molecular formula is C10H14N2O2S. The Balaban J connectivity index is 2.30. The molecule has 4 nitrogen and oxygen atoms in total. The van der Waals surface area contributed by atoms with Crippen LogP contribution in [0.2, 0.25) is 0 Å². The summed E-state index contributed by atoms with van der Waals surface area (Å²) >= 11 is 1.57. The lowest BCUT2D eigenvalue weighted by atomic mass is 10.2. The first-order valence-electron chi connectivity index (χ1n) is 4.68. The minimum absolute atomic E-state index is 0.471. The highest BCUT2D eigenvalue weighted by Gasteiger charge is 2.13. The van der Waals surface area contributed by atoms with Gasteiger partial charge in [-0.25, -0.2) is 4.98 Å². The predicted molar refractivity (Wildman–Crippen MR) is 60.1 cm³/mol. The lowest BCUT2D eigenvalue weighted by Crippen LogP contribution is -2.34. The molecule has 0 saturated heterocycles. The van der Waals surface area contributed by atoms with Crippen LogP contribution in [0.3, 0.4) is 0 Å². The maximum absolute atomic E-state index is 10.7. The molecule has 0 bridgehead atoms. The van der Waals surface area contributed by atoms with E-state index in [0.29, 0.717) is 6.42 Å². The van der Waals surface area contributed by atoms with Crippen LogP contribution in [0.4, 0.5) is 0 Å².